The molecule has 1 heterocycles. The van der Waals surface area contributed by atoms with Crippen LogP contribution in [0.5, 0.6) is 5.75 Å². The highest BCUT2D eigenvalue weighted by Crippen LogP contribution is 2.33. The molecule has 0 atom stereocenters. The van der Waals surface area contributed by atoms with Gasteiger partial charge in [-0.3, -0.25) is 14.2 Å². The molecule has 0 aliphatic rings. The maximum absolute atomic E-state index is 14.7. The van der Waals surface area contributed by atoms with Crippen LogP contribution < -0.4 is 0 Å². The Morgan fingerprint density at radius 2 is 1.82 bits per heavy atom. The van der Waals surface area contributed by atoms with E-state index in [9.17, 15) is 19.1 Å². The van der Waals surface area contributed by atoms with Crippen molar-refractivity contribution in [3.05, 3.63) is 64.1 Å². The number of ether oxygens (including phenoxy) is 1. The summed E-state index contributed by atoms with van der Waals surface area (Å²) in [4.78, 5) is 25.3. The number of phenolic OH excluding ortho intramolecular Hbond substituents is 1. The van der Waals surface area contributed by atoms with Crippen molar-refractivity contribution in [2.24, 2.45) is 0 Å². The molecular weight excluding hydrogens is 385 g/mol. The van der Waals surface area contributed by atoms with Crippen LogP contribution in [0.2, 0.25) is 5.02 Å². The van der Waals surface area contributed by atoms with Gasteiger partial charge in [0, 0.05) is 21.7 Å². The van der Waals surface area contributed by atoms with Crippen LogP contribution >= 0.6 is 11.6 Å². The molecule has 0 radical (unpaired) electrons. The Bertz CT molecular complexity index is 1070. The van der Waals surface area contributed by atoms with Crippen molar-refractivity contribution >= 4 is 34.4 Å². The van der Waals surface area contributed by atoms with Crippen LogP contribution in [0.4, 0.5) is 4.39 Å². The number of phenols is 1. The van der Waals surface area contributed by atoms with Crippen LogP contribution in [0.25, 0.3) is 10.9 Å². The summed E-state index contributed by atoms with van der Waals surface area (Å²) in [6, 6.07) is 8.94. The molecule has 2 aromatic carbocycles. The summed E-state index contributed by atoms with van der Waals surface area (Å²) in [5.74, 6) is -2.37. The minimum atomic E-state index is -0.879. The predicted molar refractivity (Wildman–Crippen MR) is 104 cm³/mol. The third kappa shape index (κ3) is 3.60. The minimum absolute atomic E-state index is 0.0283. The summed E-state index contributed by atoms with van der Waals surface area (Å²) in [5, 5.41) is 10.3. The zero-order valence-electron chi connectivity index (χ0n) is 15.6. The molecule has 0 saturated heterocycles. The fourth-order valence-electron chi connectivity index (χ4n) is 3.17. The molecule has 1 N–H and O–H groups in total. The van der Waals surface area contributed by atoms with Crippen LogP contribution in [0.1, 0.15) is 35.5 Å². The van der Waals surface area contributed by atoms with Crippen LogP contribution in [-0.2, 0) is 16.0 Å². The molecule has 5 nitrogen and oxygen atoms in total. The molecule has 0 fully saturated rings. The lowest BCUT2D eigenvalue weighted by Crippen LogP contribution is -2.16. The van der Waals surface area contributed by atoms with Crippen molar-refractivity contribution in [2.75, 3.05) is 0 Å². The Balaban J connectivity index is 2.19. The molecule has 3 aromatic rings. The van der Waals surface area contributed by atoms with Crippen molar-refractivity contribution < 1.29 is 23.8 Å². The van der Waals surface area contributed by atoms with E-state index >= 15 is 0 Å². The number of benzene rings is 2. The Morgan fingerprint density at radius 3 is 2.43 bits per heavy atom. The predicted octanol–water partition coefficient (Wildman–Crippen LogP) is 4.63. The molecule has 0 unspecified atom stereocenters. The van der Waals surface area contributed by atoms with E-state index in [1.807, 2.05) is 0 Å². The number of aromatic nitrogens is 1. The fraction of sp³-hybridized carbons (Fsp3) is 0.238. The smallest absolute Gasteiger partial charge is 0.310 e. The van der Waals surface area contributed by atoms with Gasteiger partial charge in [-0.05, 0) is 62.7 Å². The summed E-state index contributed by atoms with van der Waals surface area (Å²) in [5.41, 5.74) is 1.32. The highest BCUT2D eigenvalue weighted by molar-refractivity contribution is 6.30. The van der Waals surface area contributed by atoms with Crippen molar-refractivity contribution in [1.82, 2.24) is 4.57 Å². The monoisotopic (exact) mass is 403 g/mol. The van der Waals surface area contributed by atoms with Gasteiger partial charge in [0.1, 0.15) is 0 Å². The quantitative estimate of drug-likeness (QED) is 0.645. The van der Waals surface area contributed by atoms with Gasteiger partial charge in [0.25, 0.3) is 5.91 Å². The molecule has 146 valence electrons. The molecule has 28 heavy (non-hydrogen) atoms. The first-order chi connectivity index (χ1) is 13.2. The zero-order valence-corrected chi connectivity index (χ0v) is 16.4. The standard InChI is InChI=1S/C21H19ClFNO4/c1-11(2)28-18(26)10-15-12(3)24(16-8-9-17(25)20(23)19(15)16)21(27)13-4-6-14(22)7-5-13/h4-9,11,25H,10H2,1-3H3. The molecule has 1 aromatic heterocycles. The van der Waals surface area contributed by atoms with Gasteiger partial charge in [0.05, 0.1) is 18.0 Å². The lowest BCUT2D eigenvalue weighted by molar-refractivity contribution is -0.146. The first-order valence-corrected chi connectivity index (χ1v) is 9.09. The summed E-state index contributed by atoms with van der Waals surface area (Å²) < 4.78 is 21.2. The van der Waals surface area contributed by atoms with Crippen LogP contribution in [0.15, 0.2) is 36.4 Å². The zero-order chi connectivity index (χ0) is 20.6. The highest BCUT2D eigenvalue weighted by atomic mass is 35.5. The van der Waals surface area contributed by atoms with Crippen molar-refractivity contribution in [3.8, 4) is 5.75 Å². The maximum atomic E-state index is 14.7. The van der Waals surface area contributed by atoms with Crippen LogP contribution in [0.3, 0.4) is 0 Å². The lowest BCUT2D eigenvalue weighted by Gasteiger charge is -2.09. The number of hydrogen-bond acceptors (Lipinski definition) is 4. The summed E-state index contributed by atoms with van der Waals surface area (Å²) in [6.45, 7) is 5.05. The second-order valence-corrected chi connectivity index (χ2v) is 7.16. The number of fused-ring (bicyclic) bond motifs is 1. The second-order valence-electron chi connectivity index (χ2n) is 6.72. The normalized spacial score (nSPS) is 11.2. The molecule has 7 heteroatoms. The molecule has 0 amide bonds. The van der Waals surface area contributed by atoms with Gasteiger partial charge in [0.2, 0.25) is 0 Å². The Labute approximate surface area is 166 Å². The van der Waals surface area contributed by atoms with E-state index in [0.29, 0.717) is 21.8 Å². The average Bonchev–Trinajstić information content (AvgIpc) is 2.90. The fourth-order valence-corrected chi connectivity index (χ4v) is 3.30. The number of esters is 1. The highest BCUT2D eigenvalue weighted by Gasteiger charge is 2.25. The Hall–Kier alpha value is -2.86. The van der Waals surface area contributed by atoms with Gasteiger partial charge in [0.15, 0.2) is 11.6 Å². The molecule has 0 aliphatic heterocycles. The molecule has 0 aliphatic carbocycles. The van der Waals surface area contributed by atoms with E-state index in [2.05, 4.69) is 0 Å². The van der Waals surface area contributed by atoms with Gasteiger partial charge in [-0.15, -0.1) is 0 Å². The first-order valence-electron chi connectivity index (χ1n) is 8.71. The molecular formula is C21H19ClFNO4. The number of carbonyl (C=O) groups excluding carboxylic acids is 2. The van der Waals surface area contributed by atoms with E-state index in [4.69, 9.17) is 16.3 Å². The number of nitrogens with zero attached hydrogens (tertiary/aromatic N) is 1. The van der Waals surface area contributed by atoms with E-state index in [-0.39, 0.29) is 23.4 Å². The minimum Gasteiger partial charge on any atom is -0.505 e. The van der Waals surface area contributed by atoms with E-state index < -0.39 is 23.4 Å². The number of rotatable bonds is 4. The van der Waals surface area contributed by atoms with Gasteiger partial charge in [-0.1, -0.05) is 11.6 Å². The number of carbonyl (C=O) groups is 2. The van der Waals surface area contributed by atoms with Gasteiger partial charge < -0.3 is 9.84 Å². The SMILES string of the molecule is Cc1c(CC(=O)OC(C)C)c2c(F)c(O)ccc2n1C(=O)c1ccc(Cl)cc1. The molecule has 0 bridgehead atoms. The number of halogens is 2. The van der Waals surface area contributed by atoms with Crippen LogP contribution in [0, 0.1) is 12.7 Å². The third-order valence-corrected chi connectivity index (χ3v) is 4.65. The largest absolute Gasteiger partial charge is 0.505 e. The van der Waals surface area contributed by atoms with E-state index in [1.54, 1.807) is 45.0 Å². The summed E-state index contributed by atoms with van der Waals surface area (Å²) in [6.07, 6.45) is -0.544. The number of hydrogen-bond donors (Lipinski definition) is 1. The van der Waals surface area contributed by atoms with Crippen molar-refractivity contribution in [1.29, 1.82) is 0 Å². The summed E-state index contributed by atoms with van der Waals surface area (Å²) in [7, 11) is 0. The van der Waals surface area contributed by atoms with Crippen molar-refractivity contribution in [2.45, 2.75) is 33.3 Å². The average molecular weight is 404 g/mol. The second kappa shape index (κ2) is 7.64. The first kappa shape index (κ1) is 19.9. The maximum Gasteiger partial charge on any atom is 0.310 e. The topological polar surface area (TPSA) is 68.5 Å². The molecule has 0 saturated carbocycles. The van der Waals surface area contributed by atoms with Gasteiger partial charge in [-0.2, -0.15) is 0 Å². The third-order valence-electron chi connectivity index (χ3n) is 4.40. The van der Waals surface area contributed by atoms with Gasteiger partial charge in [-0.25, -0.2) is 4.39 Å². The Morgan fingerprint density at radius 1 is 1.18 bits per heavy atom. The van der Waals surface area contributed by atoms with E-state index in [0.717, 1.165) is 0 Å². The van der Waals surface area contributed by atoms with Crippen molar-refractivity contribution in [3.63, 3.8) is 0 Å². The lowest BCUT2D eigenvalue weighted by atomic mass is 10.1. The molecule has 3 rings (SSSR count). The van der Waals surface area contributed by atoms with Crippen LogP contribution in [-0.4, -0.2) is 27.7 Å². The Kier molecular flexibility index (Phi) is 5.42. The van der Waals surface area contributed by atoms with Gasteiger partial charge >= 0.3 is 5.97 Å². The number of aromatic hydroxyl groups is 1. The van der Waals surface area contributed by atoms with E-state index in [1.165, 1.54) is 16.7 Å². The summed E-state index contributed by atoms with van der Waals surface area (Å²) >= 11 is 5.88. The molecule has 0 spiro atoms.